The summed E-state index contributed by atoms with van der Waals surface area (Å²) in [4.78, 5) is 15.9. The highest BCUT2D eigenvalue weighted by molar-refractivity contribution is 6.31. The van der Waals surface area contributed by atoms with Gasteiger partial charge in [0.25, 0.3) is 0 Å². The molecule has 0 radical (unpaired) electrons. The predicted octanol–water partition coefficient (Wildman–Crippen LogP) is 3.58. The number of benzene rings is 2. The number of allylic oxidation sites excluding steroid dienone is 1. The first-order chi connectivity index (χ1) is 12.1. The molecule has 6 nitrogen and oxygen atoms in total. The Balaban J connectivity index is 1.86. The molecule has 1 atom stereocenters. The molecule has 2 N–H and O–H groups in total. The van der Waals surface area contributed by atoms with Crippen LogP contribution in [0, 0.1) is 0 Å². The third kappa shape index (κ3) is 2.77. The summed E-state index contributed by atoms with van der Waals surface area (Å²) in [5.74, 6) is -0.184. The summed E-state index contributed by atoms with van der Waals surface area (Å²) in [7, 11) is 0. The average Bonchev–Trinajstić information content (AvgIpc) is 3.06. The summed E-state index contributed by atoms with van der Waals surface area (Å²) in [6.07, 6.45) is 1.58. The fourth-order valence-electron chi connectivity index (χ4n) is 2.76. The van der Waals surface area contributed by atoms with Crippen molar-refractivity contribution in [3.63, 3.8) is 0 Å². The molecule has 25 heavy (non-hydrogen) atoms. The number of carboxylic acid groups (broad SMARTS) is 1. The van der Waals surface area contributed by atoms with E-state index in [0.29, 0.717) is 16.8 Å². The fraction of sp³-hybridized carbons (Fsp3) is 0.0556. The minimum atomic E-state index is -1.06. The largest absolute Gasteiger partial charge is 0.477 e. The summed E-state index contributed by atoms with van der Waals surface area (Å²) in [6, 6.07) is 16.3. The van der Waals surface area contributed by atoms with Gasteiger partial charge in [0, 0.05) is 10.6 Å². The lowest BCUT2D eigenvalue weighted by Gasteiger charge is -2.23. The van der Waals surface area contributed by atoms with Crippen LogP contribution in [0.3, 0.4) is 0 Å². The molecule has 0 spiro atoms. The number of anilines is 1. The van der Waals surface area contributed by atoms with E-state index in [4.69, 9.17) is 11.6 Å². The fourth-order valence-corrected chi connectivity index (χ4v) is 3.01. The van der Waals surface area contributed by atoms with Crippen molar-refractivity contribution in [1.29, 1.82) is 0 Å². The van der Waals surface area contributed by atoms with E-state index in [-0.39, 0.29) is 5.70 Å². The molecule has 2 aromatic carbocycles. The second kappa shape index (κ2) is 6.07. The van der Waals surface area contributed by atoms with Crippen molar-refractivity contribution in [3.05, 3.63) is 77.0 Å². The maximum atomic E-state index is 11.5. The van der Waals surface area contributed by atoms with Gasteiger partial charge >= 0.3 is 5.97 Å². The SMILES string of the molecule is O=C(O)C1=CC(c2ccccc2Cl)n2nc(-c3ccccc3)nc2N1. The van der Waals surface area contributed by atoms with Crippen LogP contribution < -0.4 is 5.32 Å². The second-order valence-corrected chi connectivity index (χ2v) is 5.95. The van der Waals surface area contributed by atoms with E-state index in [2.05, 4.69) is 15.4 Å². The summed E-state index contributed by atoms with van der Waals surface area (Å²) in [5, 5.41) is 17.3. The van der Waals surface area contributed by atoms with Gasteiger partial charge in [-0.3, -0.25) is 0 Å². The van der Waals surface area contributed by atoms with Crippen molar-refractivity contribution in [2.45, 2.75) is 6.04 Å². The van der Waals surface area contributed by atoms with Crippen molar-refractivity contribution in [1.82, 2.24) is 14.8 Å². The third-order valence-electron chi connectivity index (χ3n) is 3.95. The van der Waals surface area contributed by atoms with Gasteiger partial charge in [-0.2, -0.15) is 4.98 Å². The van der Waals surface area contributed by atoms with Crippen molar-refractivity contribution in [2.24, 2.45) is 0 Å². The summed E-state index contributed by atoms with van der Waals surface area (Å²) in [6.45, 7) is 0. The van der Waals surface area contributed by atoms with Crippen LogP contribution in [0.5, 0.6) is 0 Å². The third-order valence-corrected chi connectivity index (χ3v) is 4.30. The Labute approximate surface area is 148 Å². The number of nitrogens with one attached hydrogen (secondary N) is 1. The van der Waals surface area contributed by atoms with Gasteiger partial charge in [0.15, 0.2) is 5.82 Å². The van der Waals surface area contributed by atoms with Crippen LogP contribution in [0.4, 0.5) is 5.95 Å². The molecule has 0 fully saturated rings. The zero-order valence-electron chi connectivity index (χ0n) is 12.9. The number of halogens is 1. The molecule has 0 saturated heterocycles. The molecule has 0 aliphatic carbocycles. The van der Waals surface area contributed by atoms with Crippen molar-refractivity contribution in [3.8, 4) is 11.4 Å². The van der Waals surface area contributed by atoms with E-state index in [9.17, 15) is 9.90 Å². The summed E-state index contributed by atoms with van der Waals surface area (Å²) < 4.78 is 1.65. The minimum absolute atomic E-state index is 0.0458. The second-order valence-electron chi connectivity index (χ2n) is 5.55. The van der Waals surface area contributed by atoms with Crippen LogP contribution in [0.15, 0.2) is 66.4 Å². The highest BCUT2D eigenvalue weighted by Crippen LogP contribution is 2.34. The maximum Gasteiger partial charge on any atom is 0.352 e. The topological polar surface area (TPSA) is 80.0 Å². The van der Waals surface area contributed by atoms with Crippen LogP contribution in [0.25, 0.3) is 11.4 Å². The molecule has 4 rings (SSSR count). The van der Waals surface area contributed by atoms with E-state index >= 15 is 0 Å². The quantitative estimate of drug-likeness (QED) is 0.753. The molecule has 3 aromatic rings. The predicted molar refractivity (Wildman–Crippen MR) is 94.4 cm³/mol. The summed E-state index contributed by atoms with van der Waals surface area (Å²) in [5.41, 5.74) is 1.65. The Morgan fingerprint density at radius 3 is 2.56 bits per heavy atom. The minimum Gasteiger partial charge on any atom is -0.477 e. The van der Waals surface area contributed by atoms with Crippen molar-refractivity contribution in [2.75, 3.05) is 5.32 Å². The van der Waals surface area contributed by atoms with Crippen LogP contribution in [0.2, 0.25) is 5.02 Å². The Kier molecular flexibility index (Phi) is 3.74. The van der Waals surface area contributed by atoms with E-state index in [0.717, 1.165) is 11.1 Å². The number of hydrogen-bond acceptors (Lipinski definition) is 4. The first-order valence-electron chi connectivity index (χ1n) is 7.62. The summed E-state index contributed by atoms with van der Waals surface area (Å²) >= 11 is 6.32. The molecule has 2 heterocycles. The number of nitrogens with zero attached hydrogens (tertiary/aromatic N) is 3. The molecular formula is C18H13ClN4O2. The number of fused-ring (bicyclic) bond motifs is 1. The molecule has 0 saturated carbocycles. The molecule has 124 valence electrons. The van der Waals surface area contributed by atoms with Crippen molar-refractivity contribution < 1.29 is 9.90 Å². The number of carboxylic acids is 1. The Morgan fingerprint density at radius 2 is 1.84 bits per heavy atom. The zero-order valence-corrected chi connectivity index (χ0v) is 13.7. The Hall–Kier alpha value is -3.12. The van der Waals surface area contributed by atoms with E-state index in [1.165, 1.54) is 0 Å². The van der Waals surface area contributed by atoms with Gasteiger partial charge in [-0.15, -0.1) is 5.10 Å². The first-order valence-corrected chi connectivity index (χ1v) is 8.00. The molecule has 0 bridgehead atoms. The lowest BCUT2D eigenvalue weighted by atomic mass is 10.0. The highest BCUT2D eigenvalue weighted by Gasteiger charge is 2.28. The Morgan fingerprint density at radius 1 is 1.12 bits per heavy atom. The van der Waals surface area contributed by atoms with Gasteiger partial charge in [0.2, 0.25) is 5.95 Å². The number of rotatable bonds is 3. The molecule has 1 aromatic heterocycles. The van der Waals surface area contributed by atoms with E-state index < -0.39 is 12.0 Å². The molecule has 1 aliphatic heterocycles. The average molecular weight is 353 g/mol. The van der Waals surface area contributed by atoms with Gasteiger partial charge < -0.3 is 10.4 Å². The van der Waals surface area contributed by atoms with Crippen LogP contribution in [-0.4, -0.2) is 25.8 Å². The van der Waals surface area contributed by atoms with Gasteiger partial charge in [0.1, 0.15) is 11.7 Å². The lowest BCUT2D eigenvalue weighted by molar-refractivity contribution is -0.132. The van der Waals surface area contributed by atoms with Gasteiger partial charge in [-0.25, -0.2) is 9.48 Å². The van der Waals surface area contributed by atoms with Gasteiger partial charge in [0.05, 0.1) is 0 Å². The number of hydrogen-bond donors (Lipinski definition) is 2. The molecule has 0 amide bonds. The molecular weight excluding hydrogens is 340 g/mol. The zero-order chi connectivity index (χ0) is 17.4. The normalized spacial score (nSPS) is 15.9. The maximum absolute atomic E-state index is 11.5. The molecule has 1 aliphatic rings. The number of carbonyl (C=O) groups is 1. The highest BCUT2D eigenvalue weighted by atomic mass is 35.5. The lowest BCUT2D eigenvalue weighted by Crippen LogP contribution is -2.24. The van der Waals surface area contributed by atoms with E-state index in [1.807, 2.05) is 48.5 Å². The number of aromatic nitrogens is 3. The van der Waals surface area contributed by atoms with E-state index in [1.54, 1.807) is 16.8 Å². The standard InChI is InChI=1S/C18H13ClN4O2/c19-13-9-5-4-8-12(13)15-10-14(17(24)25)20-18-21-16(22-23(15)18)11-6-2-1-3-7-11/h1-10,15H,(H,24,25)(H,20,21,22). The smallest absolute Gasteiger partial charge is 0.352 e. The van der Waals surface area contributed by atoms with Crippen LogP contribution in [0.1, 0.15) is 11.6 Å². The first kappa shape index (κ1) is 15.4. The van der Waals surface area contributed by atoms with Crippen molar-refractivity contribution >= 4 is 23.5 Å². The van der Waals surface area contributed by atoms with Gasteiger partial charge in [-0.1, -0.05) is 60.1 Å². The monoisotopic (exact) mass is 352 g/mol. The van der Waals surface area contributed by atoms with Crippen LogP contribution in [-0.2, 0) is 4.79 Å². The molecule has 1 unspecified atom stereocenters. The number of aliphatic carboxylic acids is 1. The van der Waals surface area contributed by atoms with Crippen LogP contribution >= 0.6 is 11.6 Å². The Bertz CT molecular complexity index is 982. The molecule has 7 heteroatoms. The van der Waals surface area contributed by atoms with Gasteiger partial charge in [-0.05, 0) is 17.7 Å².